The van der Waals surface area contributed by atoms with Crippen LogP contribution in [0.2, 0.25) is 0 Å². The molecule has 2 aromatic rings. The first-order valence-corrected chi connectivity index (χ1v) is 7.23. The van der Waals surface area contributed by atoms with Crippen molar-refractivity contribution in [3.8, 4) is 0 Å². The fourth-order valence-corrected chi connectivity index (χ4v) is 2.63. The smallest absolute Gasteiger partial charge is 0.251 e. The summed E-state index contributed by atoms with van der Waals surface area (Å²) >= 11 is 5.10. The van der Waals surface area contributed by atoms with Gasteiger partial charge in [0.2, 0.25) is 0 Å². The number of aromatic amines is 1. The molecule has 6 nitrogen and oxygen atoms in total. The van der Waals surface area contributed by atoms with Crippen molar-refractivity contribution in [3.63, 3.8) is 0 Å². The van der Waals surface area contributed by atoms with E-state index in [4.69, 9.17) is 12.2 Å². The van der Waals surface area contributed by atoms with Gasteiger partial charge in [0.05, 0.1) is 0 Å². The number of carbonyl (C=O) groups is 1. The Morgan fingerprint density at radius 2 is 2.33 bits per heavy atom. The van der Waals surface area contributed by atoms with Gasteiger partial charge in [-0.15, -0.1) is 0 Å². The van der Waals surface area contributed by atoms with Gasteiger partial charge in [0, 0.05) is 37.3 Å². The van der Waals surface area contributed by atoms with Crippen LogP contribution in [0.3, 0.4) is 0 Å². The average Bonchev–Trinajstić information content (AvgIpc) is 2.97. The fourth-order valence-electron chi connectivity index (χ4n) is 2.47. The lowest BCUT2D eigenvalue weighted by Gasteiger charge is -2.15. The van der Waals surface area contributed by atoms with Crippen LogP contribution >= 0.6 is 12.2 Å². The summed E-state index contributed by atoms with van der Waals surface area (Å²) in [6, 6.07) is 6.06. The molecule has 21 heavy (non-hydrogen) atoms. The molecule has 0 spiro atoms. The quantitative estimate of drug-likeness (QED) is 0.753. The van der Waals surface area contributed by atoms with Crippen LogP contribution in [-0.4, -0.2) is 26.7 Å². The summed E-state index contributed by atoms with van der Waals surface area (Å²) in [6.45, 7) is 2.69. The first kappa shape index (κ1) is 13.8. The number of fused-ring (bicyclic) bond motifs is 1. The summed E-state index contributed by atoms with van der Waals surface area (Å²) < 4.78 is 2.48. The first-order valence-electron chi connectivity index (χ1n) is 6.82. The predicted octanol–water partition coefficient (Wildman–Crippen LogP) is 1.76. The Balaban J connectivity index is 1.72. The topological polar surface area (TPSA) is 74.7 Å². The molecule has 0 fully saturated rings. The van der Waals surface area contributed by atoms with Gasteiger partial charge in [0.15, 0.2) is 4.77 Å². The SMILES string of the molecule is CC(Cc1n[nH]c(=S)n1C)Nc1ccc2c(c1)C(=O)NC2. The number of H-pyrrole nitrogens is 1. The van der Waals surface area contributed by atoms with Crippen molar-refractivity contribution in [1.82, 2.24) is 20.1 Å². The van der Waals surface area contributed by atoms with Gasteiger partial charge in [0.25, 0.3) is 5.91 Å². The van der Waals surface area contributed by atoms with Crippen molar-refractivity contribution in [2.45, 2.75) is 25.9 Å². The van der Waals surface area contributed by atoms with E-state index >= 15 is 0 Å². The van der Waals surface area contributed by atoms with Crippen molar-refractivity contribution in [1.29, 1.82) is 0 Å². The zero-order valence-corrected chi connectivity index (χ0v) is 12.8. The molecule has 0 saturated heterocycles. The van der Waals surface area contributed by atoms with E-state index in [1.54, 1.807) is 0 Å². The van der Waals surface area contributed by atoms with Gasteiger partial charge in [-0.3, -0.25) is 9.89 Å². The lowest BCUT2D eigenvalue weighted by Crippen LogP contribution is -2.20. The van der Waals surface area contributed by atoms with Gasteiger partial charge in [-0.25, -0.2) is 0 Å². The van der Waals surface area contributed by atoms with E-state index in [0.29, 0.717) is 11.3 Å². The maximum Gasteiger partial charge on any atom is 0.251 e. The minimum atomic E-state index is -0.00393. The minimum Gasteiger partial charge on any atom is -0.382 e. The molecule has 1 unspecified atom stereocenters. The number of hydrogen-bond acceptors (Lipinski definition) is 4. The highest BCUT2D eigenvalue weighted by Crippen LogP contribution is 2.21. The van der Waals surface area contributed by atoms with E-state index in [9.17, 15) is 4.79 Å². The van der Waals surface area contributed by atoms with Crippen LogP contribution in [0.4, 0.5) is 5.69 Å². The molecule has 1 aromatic carbocycles. The molecule has 110 valence electrons. The molecular formula is C14H17N5OS. The van der Waals surface area contributed by atoms with E-state index < -0.39 is 0 Å². The van der Waals surface area contributed by atoms with Gasteiger partial charge in [0.1, 0.15) is 5.82 Å². The standard InChI is InChI=1S/C14H17N5OS/c1-8(5-12-17-18-14(21)19(12)2)16-10-4-3-9-7-15-13(20)11(9)6-10/h3-4,6,8,16H,5,7H2,1-2H3,(H,15,20)(H,18,21). The maximum atomic E-state index is 11.7. The van der Waals surface area contributed by atoms with Gasteiger partial charge in [-0.2, -0.15) is 5.10 Å². The second kappa shape index (κ2) is 5.33. The number of carbonyl (C=O) groups excluding carboxylic acids is 1. The Hall–Kier alpha value is -2.15. The Bertz CT molecular complexity index is 748. The summed E-state index contributed by atoms with van der Waals surface area (Å²) in [5.41, 5.74) is 2.74. The molecule has 1 aromatic heterocycles. The van der Waals surface area contributed by atoms with Crippen molar-refractivity contribution in [3.05, 3.63) is 39.9 Å². The Morgan fingerprint density at radius 1 is 1.52 bits per heavy atom. The third-order valence-electron chi connectivity index (χ3n) is 3.67. The zero-order chi connectivity index (χ0) is 15.0. The number of anilines is 1. The maximum absolute atomic E-state index is 11.7. The molecule has 1 aliphatic rings. The summed E-state index contributed by atoms with van der Waals surface area (Å²) in [5, 5.41) is 13.2. The summed E-state index contributed by atoms with van der Waals surface area (Å²) in [4.78, 5) is 11.7. The van der Waals surface area contributed by atoms with Crippen molar-refractivity contribution in [2.24, 2.45) is 7.05 Å². The molecular weight excluding hydrogens is 286 g/mol. The zero-order valence-electron chi connectivity index (χ0n) is 11.9. The third-order valence-corrected chi connectivity index (χ3v) is 4.03. The second-order valence-corrected chi connectivity index (χ2v) is 5.69. The summed E-state index contributed by atoms with van der Waals surface area (Å²) in [6.07, 6.45) is 0.743. The number of amides is 1. The van der Waals surface area contributed by atoms with Crippen LogP contribution in [0.1, 0.15) is 28.7 Å². The Morgan fingerprint density at radius 3 is 3.05 bits per heavy atom. The molecule has 0 aliphatic carbocycles. The Kier molecular flexibility index (Phi) is 3.50. The number of hydrogen-bond donors (Lipinski definition) is 3. The third kappa shape index (κ3) is 2.69. The van der Waals surface area contributed by atoms with Crippen molar-refractivity contribution in [2.75, 3.05) is 5.32 Å². The number of aromatic nitrogens is 3. The minimum absolute atomic E-state index is 0.00393. The largest absolute Gasteiger partial charge is 0.382 e. The molecule has 2 heterocycles. The highest BCUT2D eigenvalue weighted by Gasteiger charge is 2.19. The number of nitrogens with one attached hydrogen (secondary N) is 3. The van der Waals surface area contributed by atoms with E-state index in [-0.39, 0.29) is 11.9 Å². The first-order chi connectivity index (χ1) is 10.0. The normalized spacial score (nSPS) is 14.7. The van der Waals surface area contributed by atoms with Gasteiger partial charge in [-0.1, -0.05) is 6.07 Å². The highest BCUT2D eigenvalue weighted by molar-refractivity contribution is 7.71. The predicted molar refractivity (Wildman–Crippen MR) is 82.8 cm³/mol. The van der Waals surface area contributed by atoms with Crippen molar-refractivity contribution < 1.29 is 4.79 Å². The van der Waals surface area contributed by atoms with E-state index in [2.05, 4.69) is 27.8 Å². The number of nitrogens with zero attached hydrogens (tertiary/aromatic N) is 2. The van der Waals surface area contributed by atoms with E-state index in [1.807, 2.05) is 29.8 Å². The summed E-state index contributed by atoms with van der Waals surface area (Å²) in [7, 11) is 1.90. The molecule has 0 bridgehead atoms. The Labute approximate surface area is 127 Å². The number of benzene rings is 1. The van der Waals surface area contributed by atoms with Gasteiger partial charge >= 0.3 is 0 Å². The van der Waals surface area contributed by atoms with Crippen LogP contribution in [0, 0.1) is 4.77 Å². The molecule has 0 saturated carbocycles. The van der Waals surface area contributed by atoms with Crippen LogP contribution in [0.5, 0.6) is 0 Å². The molecule has 3 N–H and O–H groups in total. The van der Waals surface area contributed by atoms with E-state index in [1.165, 1.54) is 0 Å². The lowest BCUT2D eigenvalue weighted by molar-refractivity contribution is 0.0966. The molecule has 7 heteroatoms. The lowest BCUT2D eigenvalue weighted by atomic mass is 10.1. The van der Waals surface area contributed by atoms with E-state index in [0.717, 1.165) is 29.1 Å². The van der Waals surface area contributed by atoms with Gasteiger partial charge < -0.3 is 15.2 Å². The van der Waals surface area contributed by atoms with Crippen LogP contribution in [0.25, 0.3) is 0 Å². The highest BCUT2D eigenvalue weighted by atomic mass is 32.1. The van der Waals surface area contributed by atoms with Gasteiger partial charge in [-0.05, 0) is 36.8 Å². The van der Waals surface area contributed by atoms with Crippen LogP contribution < -0.4 is 10.6 Å². The monoisotopic (exact) mass is 303 g/mol. The molecule has 1 atom stereocenters. The molecule has 0 radical (unpaired) electrons. The molecule has 1 amide bonds. The fraction of sp³-hybridized carbons (Fsp3) is 0.357. The molecule has 1 aliphatic heterocycles. The summed E-state index contributed by atoms with van der Waals surface area (Å²) in [5.74, 6) is 0.898. The average molecular weight is 303 g/mol. The van der Waals surface area contributed by atoms with Crippen molar-refractivity contribution >= 4 is 23.8 Å². The van der Waals surface area contributed by atoms with Crippen LogP contribution in [0.15, 0.2) is 18.2 Å². The molecule has 3 rings (SSSR count). The van der Waals surface area contributed by atoms with Crippen LogP contribution in [-0.2, 0) is 20.0 Å². The second-order valence-electron chi connectivity index (χ2n) is 5.31. The number of rotatable bonds is 4.